The van der Waals surface area contributed by atoms with E-state index in [1.807, 2.05) is 39.5 Å². The minimum Gasteiger partial charge on any atom is -0.337 e. The molecule has 4 heterocycles. The number of amides is 1. The second kappa shape index (κ2) is 5.78. The van der Waals surface area contributed by atoms with Crippen LogP contribution in [0.1, 0.15) is 41.5 Å². The highest BCUT2D eigenvalue weighted by Crippen LogP contribution is 2.29. The Kier molecular flexibility index (Phi) is 3.59. The van der Waals surface area contributed by atoms with Crippen LogP contribution in [0.3, 0.4) is 0 Å². The number of aromatic nitrogens is 3. The maximum atomic E-state index is 12.9. The van der Waals surface area contributed by atoms with E-state index >= 15 is 0 Å². The van der Waals surface area contributed by atoms with Crippen molar-refractivity contribution < 1.29 is 9.59 Å². The smallest absolute Gasteiger partial charge is 0.245 e. The van der Waals surface area contributed by atoms with Crippen LogP contribution in [-0.2, 0) is 11.8 Å². The van der Waals surface area contributed by atoms with E-state index in [0.29, 0.717) is 31.6 Å². The molecular formula is C18H20N4O2. The summed E-state index contributed by atoms with van der Waals surface area (Å²) < 4.78 is 3.71. The number of nitrogens with zero attached hydrogens (tertiary/aromatic N) is 4. The van der Waals surface area contributed by atoms with E-state index in [1.54, 1.807) is 12.3 Å². The molecular weight excluding hydrogens is 304 g/mol. The SMILES string of the molecule is Cn1nccc1C1=CCN(C(=O)C2CCC(=O)c3cccn32)CC1. The quantitative estimate of drug-likeness (QED) is 0.849. The fourth-order valence-corrected chi connectivity index (χ4v) is 3.68. The molecule has 4 rings (SSSR count). The average Bonchev–Trinajstić information content (AvgIpc) is 3.24. The molecule has 1 atom stereocenters. The Balaban J connectivity index is 1.52. The van der Waals surface area contributed by atoms with E-state index in [9.17, 15) is 9.59 Å². The number of aryl methyl sites for hydroxylation is 1. The van der Waals surface area contributed by atoms with Gasteiger partial charge in [-0.1, -0.05) is 6.08 Å². The first kappa shape index (κ1) is 14.9. The van der Waals surface area contributed by atoms with Crippen molar-refractivity contribution in [3.8, 4) is 0 Å². The van der Waals surface area contributed by atoms with Crippen LogP contribution < -0.4 is 0 Å². The monoisotopic (exact) mass is 324 g/mol. The van der Waals surface area contributed by atoms with Crippen LogP contribution in [0.15, 0.2) is 36.7 Å². The number of ketones is 1. The van der Waals surface area contributed by atoms with Gasteiger partial charge >= 0.3 is 0 Å². The Bertz CT molecular complexity index is 830. The molecule has 1 amide bonds. The first-order chi connectivity index (χ1) is 11.6. The summed E-state index contributed by atoms with van der Waals surface area (Å²) in [7, 11) is 1.93. The van der Waals surface area contributed by atoms with Crippen LogP contribution in [-0.4, -0.2) is 44.0 Å². The molecule has 124 valence electrons. The zero-order valence-corrected chi connectivity index (χ0v) is 13.7. The summed E-state index contributed by atoms with van der Waals surface area (Å²) in [6.07, 6.45) is 7.62. The molecule has 0 radical (unpaired) electrons. The Hall–Kier alpha value is -2.63. The number of carbonyl (C=O) groups is 2. The Morgan fingerprint density at radius 3 is 2.83 bits per heavy atom. The van der Waals surface area contributed by atoms with E-state index < -0.39 is 0 Å². The lowest BCUT2D eigenvalue weighted by molar-refractivity contribution is -0.134. The number of Topliss-reactive ketones (excluding diaryl/α,β-unsaturated/α-hetero) is 1. The number of rotatable bonds is 2. The summed E-state index contributed by atoms with van der Waals surface area (Å²) >= 11 is 0. The van der Waals surface area contributed by atoms with Gasteiger partial charge in [0, 0.05) is 39.0 Å². The van der Waals surface area contributed by atoms with Crippen molar-refractivity contribution in [1.29, 1.82) is 0 Å². The molecule has 1 unspecified atom stereocenters. The van der Waals surface area contributed by atoms with Crippen LogP contribution in [0, 0.1) is 0 Å². The number of fused-ring (bicyclic) bond motifs is 1. The zero-order valence-electron chi connectivity index (χ0n) is 13.7. The predicted molar refractivity (Wildman–Crippen MR) is 89.4 cm³/mol. The lowest BCUT2D eigenvalue weighted by atomic mass is 9.99. The van der Waals surface area contributed by atoms with Crippen LogP contribution >= 0.6 is 0 Å². The van der Waals surface area contributed by atoms with E-state index in [0.717, 1.165) is 12.1 Å². The highest BCUT2D eigenvalue weighted by atomic mass is 16.2. The highest BCUT2D eigenvalue weighted by Gasteiger charge is 2.32. The third kappa shape index (κ3) is 2.38. The van der Waals surface area contributed by atoms with Gasteiger partial charge in [-0.2, -0.15) is 5.10 Å². The molecule has 0 spiro atoms. The number of hydrogen-bond donors (Lipinski definition) is 0. The third-order valence-electron chi connectivity index (χ3n) is 5.00. The molecule has 2 aliphatic heterocycles. The van der Waals surface area contributed by atoms with Gasteiger partial charge in [0.05, 0.1) is 11.4 Å². The zero-order chi connectivity index (χ0) is 16.7. The van der Waals surface area contributed by atoms with E-state index in [1.165, 1.54) is 5.57 Å². The first-order valence-electron chi connectivity index (χ1n) is 8.31. The summed E-state index contributed by atoms with van der Waals surface area (Å²) in [5.74, 6) is 0.237. The summed E-state index contributed by atoms with van der Waals surface area (Å²) in [5, 5.41) is 4.21. The predicted octanol–water partition coefficient (Wildman–Crippen LogP) is 2.06. The highest BCUT2D eigenvalue weighted by molar-refractivity contribution is 5.97. The Labute approximate surface area is 140 Å². The van der Waals surface area contributed by atoms with Gasteiger partial charge in [-0.3, -0.25) is 14.3 Å². The van der Waals surface area contributed by atoms with Gasteiger partial charge in [-0.25, -0.2) is 0 Å². The standard InChI is InChI=1S/C18H20N4O2/c1-20-14(6-9-19-20)13-7-11-21(12-8-13)18(24)16-4-5-17(23)15-3-2-10-22(15)16/h2-3,6-7,9-10,16H,4-5,8,11-12H2,1H3. The molecule has 2 aromatic heterocycles. The molecule has 0 N–H and O–H groups in total. The second-order valence-corrected chi connectivity index (χ2v) is 6.38. The summed E-state index contributed by atoms with van der Waals surface area (Å²) in [6, 6.07) is 5.40. The molecule has 0 saturated heterocycles. The fraction of sp³-hybridized carbons (Fsp3) is 0.389. The van der Waals surface area contributed by atoms with Crippen molar-refractivity contribution in [2.24, 2.45) is 7.05 Å². The molecule has 6 nitrogen and oxygen atoms in total. The maximum absolute atomic E-state index is 12.9. The lowest BCUT2D eigenvalue weighted by Crippen LogP contribution is -2.41. The van der Waals surface area contributed by atoms with E-state index in [-0.39, 0.29) is 17.7 Å². The van der Waals surface area contributed by atoms with Crippen molar-refractivity contribution in [2.75, 3.05) is 13.1 Å². The minimum atomic E-state index is -0.251. The largest absolute Gasteiger partial charge is 0.337 e. The van der Waals surface area contributed by atoms with Gasteiger partial charge in [0.1, 0.15) is 6.04 Å². The van der Waals surface area contributed by atoms with Crippen LogP contribution in [0.5, 0.6) is 0 Å². The molecule has 2 aliphatic rings. The topological polar surface area (TPSA) is 60.1 Å². The van der Waals surface area contributed by atoms with Crippen LogP contribution in [0.2, 0.25) is 0 Å². The van der Waals surface area contributed by atoms with Crippen molar-refractivity contribution in [3.63, 3.8) is 0 Å². The summed E-state index contributed by atoms with van der Waals surface area (Å²) in [4.78, 5) is 26.8. The second-order valence-electron chi connectivity index (χ2n) is 6.38. The summed E-state index contributed by atoms with van der Waals surface area (Å²) in [5.41, 5.74) is 3.00. The number of hydrogen-bond acceptors (Lipinski definition) is 3. The van der Waals surface area contributed by atoms with Gasteiger partial charge in [-0.15, -0.1) is 0 Å². The van der Waals surface area contributed by atoms with Crippen molar-refractivity contribution in [2.45, 2.75) is 25.3 Å². The maximum Gasteiger partial charge on any atom is 0.245 e. The van der Waals surface area contributed by atoms with Crippen molar-refractivity contribution in [1.82, 2.24) is 19.2 Å². The third-order valence-corrected chi connectivity index (χ3v) is 5.00. The fourth-order valence-electron chi connectivity index (χ4n) is 3.68. The number of carbonyl (C=O) groups excluding carboxylic acids is 2. The van der Waals surface area contributed by atoms with E-state index in [4.69, 9.17) is 0 Å². The van der Waals surface area contributed by atoms with E-state index in [2.05, 4.69) is 11.2 Å². The normalized spacial score (nSPS) is 20.7. The Morgan fingerprint density at radius 1 is 1.25 bits per heavy atom. The van der Waals surface area contributed by atoms with Gasteiger partial charge in [0.15, 0.2) is 5.78 Å². The van der Waals surface area contributed by atoms with Crippen LogP contribution in [0.4, 0.5) is 0 Å². The molecule has 0 aliphatic carbocycles. The molecule has 0 fully saturated rings. The molecule has 6 heteroatoms. The van der Waals surface area contributed by atoms with Crippen LogP contribution in [0.25, 0.3) is 5.57 Å². The van der Waals surface area contributed by atoms with Gasteiger partial charge in [0.2, 0.25) is 5.91 Å². The minimum absolute atomic E-state index is 0.111. The molecule has 2 aromatic rings. The molecule has 0 aromatic carbocycles. The molecule has 24 heavy (non-hydrogen) atoms. The summed E-state index contributed by atoms with van der Waals surface area (Å²) in [6.45, 7) is 1.32. The first-order valence-corrected chi connectivity index (χ1v) is 8.31. The molecule has 0 bridgehead atoms. The van der Waals surface area contributed by atoms with Crippen molar-refractivity contribution in [3.05, 3.63) is 48.1 Å². The van der Waals surface area contributed by atoms with Gasteiger partial charge < -0.3 is 9.47 Å². The Morgan fingerprint density at radius 2 is 2.12 bits per heavy atom. The average molecular weight is 324 g/mol. The van der Waals surface area contributed by atoms with Gasteiger partial charge in [0.25, 0.3) is 0 Å². The van der Waals surface area contributed by atoms with Crippen molar-refractivity contribution >= 4 is 17.3 Å². The van der Waals surface area contributed by atoms with Gasteiger partial charge in [-0.05, 0) is 36.6 Å². The molecule has 0 saturated carbocycles. The lowest BCUT2D eigenvalue weighted by Gasteiger charge is -2.32.